The van der Waals surface area contributed by atoms with Crippen molar-refractivity contribution in [2.75, 3.05) is 11.4 Å². The molecule has 1 aliphatic rings. The van der Waals surface area contributed by atoms with Gasteiger partial charge in [0, 0.05) is 19.5 Å². The van der Waals surface area contributed by atoms with Crippen molar-refractivity contribution in [3.8, 4) is 0 Å². The molecule has 0 aliphatic carbocycles. The van der Waals surface area contributed by atoms with E-state index in [-0.39, 0.29) is 11.2 Å². The van der Waals surface area contributed by atoms with Crippen molar-refractivity contribution in [2.24, 2.45) is 13.0 Å². The number of H-pyrrole nitrogens is 1. The summed E-state index contributed by atoms with van der Waals surface area (Å²) < 4.78 is 5.02. The van der Waals surface area contributed by atoms with Gasteiger partial charge in [0.1, 0.15) is 5.69 Å². The fourth-order valence-corrected chi connectivity index (χ4v) is 4.13. The largest absolute Gasteiger partial charge is 0.364 e. The van der Waals surface area contributed by atoms with Gasteiger partial charge >= 0.3 is 11.6 Å². The molecule has 1 N–H and O–H groups in total. The Balaban J connectivity index is 1.93. The van der Waals surface area contributed by atoms with E-state index in [1.54, 1.807) is 11.6 Å². The number of imidazole rings is 1. The van der Waals surface area contributed by atoms with Crippen LogP contribution in [0.2, 0.25) is 0 Å². The summed E-state index contributed by atoms with van der Waals surface area (Å²) in [6.07, 6.45) is 2.89. The van der Waals surface area contributed by atoms with Crippen LogP contribution < -0.4 is 20.7 Å². The Morgan fingerprint density at radius 2 is 1.93 bits per heavy atom. The number of para-hydroxylation sites is 1. The maximum atomic E-state index is 13.3. The molecule has 3 aromatic rings. The highest BCUT2D eigenvalue weighted by atomic mass is 16.2. The van der Waals surface area contributed by atoms with Crippen molar-refractivity contribution in [2.45, 2.75) is 46.2 Å². The minimum Gasteiger partial charge on any atom is -0.267 e. The maximum absolute atomic E-state index is 13.3. The molecule has 0 saturated heterocycles. The summed E-state index contributed by atoms with van der Waals surface area (Å²) in [7, 11) is 1.74. The van der Waals surface area contributed by atoms with Gasteiger partial charge in [-0.1, -0.05) is 44.9 Å². The van der Waals surface area contributed by atoms with Gasteiger partial charge in [-0.2, -0.15) is 0 Å². The molecule has 0 saturated carbocycles. The number of anilines is 2. The Kier molecular flexibility index (Phi) is 4.83. The predicted octanol–water partition coefficient (Wildman–Crippen LogP) is 2.29. The van der Waals surface area contributed by atoms with E-state index in [1.807, 2.05) is 18.2 Å². The van der Waals surface area contributed by atoms with Crippen molar-refractivity contribution in [1.29, 1.82) is 0 Å². The van der Waals surface area contributed by atoms with Crippen LogP contribution in [-0.4, -0.2) is 20.7 Å². The van der Waals surface area contributed by atoms with Crippen LogP contribution in [0, 0.1) is 5.92 Å². The zero-order chi connectivity index (χ0) is 19.8. The summed E-state index contributed by atoms with van der Waals surface area (Å²) in [4.78, 5) is 31.6. The molecule has 3 heterocycles. The Hall–Kier alpha value is -2.83. The molecule has 1 aliphatic heterocycles. The predicted molar refractivity (Wildman–Crippen MR) is 110 cm³/mol. The Labute approximate surface area is 163 Å². The van der Waals surface area contributed by atoms with E-state index >= 15 is 0 Å². The molecular formula is C21H28N5O2+. The average molecular weight is 382 g/mol. The van der Waals surface area contributed by atoms with Gasteiger partial charge in [0.2, 0.25) is 11.2 Å². The first-order chi connectivity index (χ1) is 13.5. The molecule has 2 aromatic heterocycles. The number of nitrogens with one attached hydrogen (secondary N) is 1. The summed E-state index contributed by atoms with van der Waals surface area (Å²) in [6.45, 7) is 6.37. The number of hydrogen-bond acceptors (Lipinski definition) is 3. The molecule has 7 heteroatoms. The number of unbranched alkanes of at least 4 members (excludes halogenated alkanes) is 2. The SMILES string of the molecule is CCCCCn1c(=O)c2c([nH]c3[n+]2C[C@H](C)CN3c2ccccc2)n(C)c1=O. The normalized spacial score (nSPS) is 16.5. The molecule has 1 aromatic carbocycles. The van der Waals surface area contributed by atoms with E-state index in [9.17, 15) is 9.59 Å². The monoisotopic (exact) mass is 382 g/mol. The lowest BCUT2D eigenvalue weighted by Crippen LogP contribution is -2.52. The fourth-order valence-electron chi connectivity index (χ4n) is 4.13. The van der Waals surface area contributed by atoms with Gasteiger partial charge in [0.25, 0.3) is 5.56 Å². The fraction of sp³-hybridized carbons (Fsp3) is 0.476. The Bertz CT molecular complexity index is 1110. The average Bonchev–Trinajstić information content (AvgIpc) is 3.08. The second-order valence-corrected chi connectivity index (χ2v) is 7.81. The summed E-state index contributed by atoms with van der Waals surface area (Å²) in [5.74, 6) is 1.24. The van der Waals surface area contributed by atoms with Crippen LogP contribution in [-0.2, 0) is 20.1 Å². The van der Waals surface area contributed by atoms with Crippen LogP contribution in [0.5, 0.6) is 0 Å². The first kappa shape index (κ1) is 18.5. The minimum atomic E-state index is -0.257. The van der Waals surface area contributed by atoms with E-state index in [0.717, 1.165) is 44.0 Å². The molecule has 28 heavy (non-hydrogen) atoms. The number of rotatable bonds is 5. The lowest BCUT2D eigenvalue weighted by Gasteiger charge is -2.26. The molecule has 148 valence electrons. The lowest BCUT2D eigenvalue weighted by atomic mass is 10.1. The van der Waals surface area contributed by atoms with Crippen LogP contribution in [0.1, 0.15) is 33.1 Å². The quantitative estimate of drug-likeness (QED) is 0.544. The van der Waals surface area contributed by atoms with E-state index in [4.69, 9.17) is 0 Å². The van der Waals surface area contributed by atoms with Crippen molar-refractivity contribution in [1.82, 2.24) is 14.1 Å². The summed E-state index contributed by atoms with van der Waals surface area (Å²) >= 11 is 0. The molecule has 0 spiro atoms. The van der Waals surface area contributed by atoms with E-state index < -0.39 is 0 Å². The van der Waals surface area contributed by atoms with Gasteiger partial charge < -0.3 is 0 Å². The van der Waals surface area contributed by atoms with E-state index in [0.29, 0.717) is 23.6 Å². The third-order valence-corrected chi connectivity index (χ3v) is 5.58. The third-order valence-electron chi connectivity index (χ3n) is 5.58. The first-order valence-corrected chi connectivity index (χ1v) is 10.1. The van der Waals surface area contributed by atoms with Gasteiger partial charge in [-0.25, -0.2) is 19.2 Å². The molecule has 4 rings (SSSR count). The lowest BCUT2D eigenvalue weighted by molar-refractivity contribution is -0.669. The van der Waals surface area contributed by atoms with Crippen molar-refractivity contribution in [3.05, 3.63) is 51.2 Å². The molecular weight excluding hydrogens is 354 g/mol. The van der Waals surface area contributed by atoms with Crippen LogP contribution in [0.4, 0.5) is 11.6 Å². The highest BCUT2D eigenvalue weighted by molar-refractivity contribution is 5.70. The smallest absolute Gasteiger partial charge is 0.267 e. The van der Waals surface area contributed by atoms with Crippen molar-refractivity contribution < 1.29 is 4.57 Å². The summed E-state index contributed by atoms with van der Waals surface area (Å²) in [5.41, 5.74) is 1.79. The zero-order valence-electron chi connectivity index (χ0n) is 16.8. The molecule has 0 bridgehead atoms. The van der Waals surface area contributed by atoms with E-state index in [1.165, 1.54) is 4.57 Å². The second kappa shape index (κ2) is 7.30. The molecule has 0 amide bonds. The maximum Gasteiger partial charge on any atom is 0.364 e. The van der Waals surface area contributed by atoms with Crippen LogP contribution >= 0.6 is 0 Å². The minimum absolute atomic E-state index is 0.196. The van der Waals surface area contributed by atoms with Crippen LogP contribution in [0.25, 0.3) is 11.2 Å². The van der Waals surface area contributed by atoms with Gasteiger partial charge in [0.15, 0.2) is 0 Å². The highest BCUT2D eigenvalue weighted by Crippen LogP contribution is 2.27. The molecule has 1 atom stereocenters. The van der Waals surface area contributed by atoms with Crippen LogP contribution in [0.3, 0.4) is 0 Å². The standard InChI is InChI=1S/C21H27N5O2/c1-4-5-9-12-24-19(27)17-18(23(3)21(24)28)22-20-25(13-15(2)14-26(17)20)16-10-7-6-8-11-16/h6-8,10-11,15H,4-5,9,12-14H2,1-3H3/p+1/t15-/m1/s1. The summed E-state index contributed by atoms with van der Waals surface area (Å²) in [5, 5.41) is 0. The highest BCUT2D eigenvalue weighted by Gasteiger charge is 2.35. The van der Waals surface area contributed by atoms with Gasteiger partial charge in [-0.15, -0.1) is 0 Å². The van der Waals surface area contributed by atoms with Gasteiger partial charge in [-0.3, -0.25) is 13.9 Å². The topological polar surface area (TPSA) is 66.9 Å². The number of aryl methyl sites for hydroxylation is 1. The Morgan fingerprint density at radius 3 is 2.64 bits per heavy atom. The van der Waals surface area contributed by atoms with Crippen LogP contribution in [0.15, 0.2) is 39.9 Å². The van der Waals surface area contributed by atoms with Crippen molar-refractivity contribution in [3.63, 3.8) is 0 Å². The molecule has 0 radical (unpaired) electrons. The molecule has 0 fully saturated rings. The molecule has 7 nitrogen and oxygen atoms in total. The molecule has 0 unspecified atom stereocenters. The number of aromatic nitrogens is 4. The van der Waals surface area contributed by atoms with E-state index in [2.05, 4.69) is 40.4 Å². The Morgan fingerprint density at radius 1 is 1.18 bits per heavy atom. The number of fused-ring (bicyclic) bond motifs is 3. The van der Waals surface area contributed by atoms with Crippen molar-refractivity contribution >= 4 is 22.8 Å². The summed E-state index contributed by atoms with van der Waals surface area (Å²) in [6, 6.07) is 10.1. The zero-order valence-corrected chi connectivity index (χ0v) is 16.8. The second-order valence-electron chi connectivity index (χ2n) is 7.81. The number of nitrogens with zero attached hydrogens (tertiary/aromatic N) is 4. The number of aromatic amines is 1. The number of benzene rings is 1. The first-order valence-electron chi connectivity index (χ1n) is 10.1. The third kappa shape index (κ3) is 2.95. The number of hydrogen-bond donors (Lipinski definition) is 1. The van der Waals surface area contributed by atoms with Gasteiger partial charge in [0.05, 0.1) is 13.1 Å². The van der Waals surface area contributed by atoms with Gasteiger partial charge in [-0.05, 0) is 18.6 Å².